The Morgan fingerprint density at radius 2 is 1.96 bits per heavy atom. The van der Waals surface area contributed by atoms with Gasteiger partial charge in [-0.25, -0.2) is 14.8 Å². The molecule has 0 radical (unpaired) electrons. The summed E-state index contributed by atoms with van der Waals surface area (Å²) < 4.78 is 10.0. The predicted octanol–water partition coefficient (Wildman–Crippen LogP) is 3.01. The van der Waals surface area contributed by atoms with Crippen molar-refractivity contribution in [2.75, 3.05) is 19.0 Å². The van der Waals surface area contributed by atoms with Crippen molar-refractivity contribution in [3.8, 4) is 17.0 Å². The molecular formula is C18H15N3O4S. The van der Waals surface area contributed by atoms with Crippen molar-refractivity contribution in [3.63, 3.8) is 0 Å². The summed E-state index contributed by atoms with van der Waals surface area (Å²) in [5.41, 5.74) is 1.79. The maximum absolute atomic E-state index is 11.9. The van der Waals surface area contributed by atoms with Gasteiger partial charge in [-0.1, -0.05) is 6.07 Å². The van der Waals surface area contributed by atoms with E-state index in [4.69, 9.17) is 9.47 Å². The Labute approximate surface area is 153 Å². The molecule has 1 aromatic carbocycles. The number of benzene rings is 1. The van der Waals surface area contributed by atoms with E-state index in [0.717, 1.165) is 17.0 Å². The summed E-state index contributed by atoms with van der Waals surface area (Å²) in [4.78, 5) is 31.9. The standard InChI is InChI=1S/C18H15N3O4S/c1-24-13-7-5-12(6-8-13)15-11-26-18(20-15)21-16(22)10-25-17(23)14-4-2-3-9-19-14/h2-9,11H,10H2,1H3,(H,20,21,22). The number of carbonyl (C=O) groups excluding carboxylic acids is 2. The SMILES string of the molecule is COc1ccc(-c2csc(NC(=O)COC(=O)c3ccccn3)n2)cc1. The van der Waals surface area contributed by atoms with E-state index in [1.54, 1.807) is 19.2 Å². The van der Waals surface area contributed by atoms with Gasteiger partial charge in [0.25, 0.3) is 5.91 Å². The van der Waals surface area contributed by atoms with Crippen LogP contribution in [0.5, 0.6) is 5.75 Å². The van der Waals surface area contributed by atoms with E-state index in [9.17, 15) is 9.59 Å². The number of pyridine rings is 1. The number of ether oxygens (including phenoxy) is 2. The van der Waals surface area contributed by atoms with Gasteiger partial charge in [0.15, 0.2) is 11.7 Å². The fourth-order valence-corrected chi connectivity index (χ4v) is 2.81. The monoisotopic (exact) mass is 369 g/mol. The number of hydrogen-bond acceptors (Lipinski definition) is 7. The number of esters is 1. The molecule has 1 N–H and O–H groups in total. The van der Waals surface area contributed by atoms with Gasteiger partial charge in [-0.05, 0) is 36.4 Å². The smallest absolute Gasteiger partial charge is 0.357 e. The molecule has 0 aliphatic heterocycles. The molecule has 26 heavy (non-hydrogen) atoms. The Morgan fingerprint density at radius 3 is 2.65 bits per heavy atom. The molecular weight excluding hydrogens is 354 g/mol. The fraction of sp³-hybridized carbons (Fsp3) is 0.111. The zero-order chi connectivity index (χ0) is 18.4. The van der Waals surface area contributed by atoms with Crippen LogP contribution in [0.1, 0.15) is 10.5 Å². The summed E-state index contributed by atoms with van der Waals surface area (Å²) >= 11 is 1.29. The maximum Gasteiger partial charge on any atom is 0.357 e. The van der Waals surface area contributed by atoms with Crippen LogP contribution in [-0.2, 0) is 9.53 Å². The molecule has 8 heteroatoms. The Kier molecular flexibility index (Phi) is 5.55. The minimum Gasteiger partial charge on any atom is -0.497 e. The van der Waals surface area contributed by atoms with Crippen LogP contribution in [0.2, 0.25) is 0 Å². The molecule has 0 unspecified atom stereocenters. The van der Waals surface area contributed by atoms with Crippen LogP contribution in [0.3, 0.4) is 0 Å². The summed E-state index contributed by atoms with van der Waals surface area (Å²) in [5, 5.41) is 4.86. The third kappa shape index (κ3) is 4.42. The number of nitrogens with zero attached hydrogens (tertiary/aromatic N) is 2. The van der Waals surface area contributed by atoms with Crippen molar-refractivity contribution in [2.45, 2.75) is 0 Å². The van der Waals surface area contributed by atoms with Gasteiger partial charge in [-0.2, -0.15) is 0 Å². The molecule has 0 bridgehead atoms. The van der Waals surface area contributed by atoms with Gasteiger partial charge in [0.1, 0.15) is 11.4 Å². The summed E-state index contributed by atoms with van der Waals surface area (Å²) in [6, 6.07) is 12.3. The van der Waals surface area contributed by atoms with E-state index < -0.39 is 18.5 Å². The molecule has 2 aromatic heterocycles. The summed E-state index contributed by atoms with van der Waals surface area (Å²) in [6.45, 7) is -0.410. The first-order chi connectivity index (χ1) is 12.7. The van der Waals surface area contributed by atoms with Crippen LogP contribution in [0.15, 0.2) is 54.0 Å². The number of methoxy groups -OCH3 is 1. The number of hydrogen-bond donors (Lipinski definition) is 1. The maximum atomic E-state index is 11.9. The molecule has 3 aromatic rings. The highest BCUT2D eigenvalue weighted by atomic mass is 32.1. The number of carbonyl (C=O) groups is 2. The second-order valence-electron chi connectivity index (χ2n) is 5.11. The van der Waals surface area contributed by atoms with Gasteiger partial charge in [0.2, 0.25) is 0 Å². The Morgan fingerprint density at radius 1 is 1.15 bits per heavy atom. The van der Waals surface area contributed by atoms with Gasteiger partial charge in [0.05, 0.1) is 12.8 Å². The van der Waals surface area contributed by atoms with Crippen LogP contribution in [0.25, 0.3) is 11.3 Å². The number of aromatic nitrogens is 2. The Balaban J connectivity index is 1.55. The summed E-state index contributed by atoms with van der Waals surface area (Å²) in [6.07, 6.45) is 1.48. The molecule has 0 saturated heterocycles. The summed E-state index contributed by atoms with van der Waals surface area (Å²) in [7, 11) is 1.60. The molecule has 0 saturated carbocycles. The van der Waals surface area contributed by atoms with Crippen molar-refractivity contribution in [3.05, 3.63) is 59.7 Å². The lowest BCUT2D eigenvalue weighted by Gasteiger charge is -2.04. The average Bonchev–Trinajstić information content (AvgIpc) is 3.15. The highest BCUT2D eigenvalue weighted by Crippen LogP contribution is 2.26. The lowest BCUT2D eigenvalue weighted by atomic mass is 10.2. The summed E-state index contributed by atoms with van der Waals surface area (Å²) in [5.74, 6) is -0.365. The van der Waals surface area contributed by atoms with E-state index >= 15 is 0 Å². The van der Waals surface area contributed by atoms with Crippen LogP contribution < -0.4 is 10.1 Å². The van der Waals surface area contributed by atoms with E-state index in [1.807, 2.05) is 29.6 Å². The normalized spacial score (nSPS) is 10.2. The highest BCUT2D eigenvalue weighted by Gasteiger charge is 2.13. The van der Waals surface area contributed by atoms with Crippen LogP contribution in [0.4, 0.5) is 5.13 Å². The third-order valence-electron chi connectivity index (χ3n) is 3.34. The number of amides is 1. The lowest BCUT2D eigenvalue weighted by molar-refractivity contribution is -0.119. The number of anilines is 1. The van der Waals surface area contributed by atoms with E-state index in [2.05, 4.69) is 15.3 Å². The fourth-order valence-electron chi connectivity index (χ4n) is 2.07. The Hall–Kier alpha value is -3.26. The molecule has 0 aliphatic rings. The number of thiazole rings is 1. The number of nitrogens with one attached hydrogen (secondary N) is 1. The zero-order valence-electron chi connectivity index (χ0n) is 13.8. The van der Waals surface area contributed by atoms with Gasteiger partial charge in [0, 0.05) is 17.1 Å². The van der Waals surface area contributed by atoms with Crippen molar-refractivity contribution in [2.24, 2.45) is 0 Å². The van der Waals surface area contributed by atoms with Gasteiger partial charge in [-0.3, -0.25) is 10.1 Å². The van der Waals surface area contributed by atoms with E-state index in [0.29, 0.717) is 5.13 Å². The molecule has 132 valence electrons. The predicted molar refractivity (Wildman–Crippen MR) is 97.3 cm³/mol. The molecule has 1 amide bonds. The largest absolute Gasteiger partial charge is 0.497 e. The van der Waals surface area contributed by atoms with Gasteiger partial charge >= 0.3 is 5.97 Å². The van der Waals surface area contributed by atoms with Crippen molar-refractivity contribution < 1.29 is 19.1 Å². The molecule has 0 spiro atoms. The Bertz CT molecular complexity index is 894. The molecule has 7 nitrogen and oxygen atoms in total. The number of rotatable bonds is 6. The third-order valence-corrected chi connectivity index (χ3v) is 4.10. The quantitative estimate of drug-likeness (QED) is 0.672. The first-order valence-electron chi connectivity index (χ1n) is 7.63. The lowest BCUT2D eigenvalue weighted by Crippen LogP contribution is -2.21. The second kappa shape index (κ2) is 8.21. The van der Waals surface area contributed by atoms with Crippen molar-refractivity contribution >= 4 is 28.3 Å². The topological polar surface area (TPSA) is 90.4 Å². The van der Waals surface area contributed by atoms with Crippen molar-refractivity contribution in [1.82, 2.24) is 9.97 Å². The van der Waals surface area contributed by atoms with E-state index in [-0.39, 0.29) is 5.69 Å². The molecule has 0 fully saturated rings. The van der Waals surface area contributed by atoms with E-state index in [1.165, 1.54) is 23.6 Å². The zero-order valence-corrected chi connectivity index (χ0v) is 14.7. The second-order valence-corrected chi connectivity index (χ2v) is 5.96. The van der Waals surface area contributed by atoms with Gasteiger partial charge in [-0.15, -0.1) is 11.3 Å². The molecule has 3 rings (SSSR count). The van der Waals surface area contributed by atoms with Crippen LogP contribution >= 0.6 is 11.3 Å². The van der Waals surface area contributed by atoms with Crippen LogP contribution in [0, 0.1) is 0 Å². The average molecular weight is 369 g/mol. The minimum atomic E-state index is -0.654. The minimum absolute atomic E-state index is 0.149. The first kappa shape index (κ1) is 17.6. The molecule has 0 atom stereocenters. The highest BCUT2D eigenvalue weighted by molar-refractivity contribution is 7.14. The van der Waals surface area contributed by atoms with Crippen molar-refractivity contribution in [1.29, 1.82) is 0 Å². The molecule has 2 heterocycles. The van der Waals surface area contributed by atoms with Gasteiger partial charge < -0.3 is 9.47 Å². The van der Waals surface area contributed by atoms with Crippen LogP contribution in [-0.4, -0.2) is 35.6 Å². The first-order valence-corrected chi connectivity index (χ1v) is 8.51. The molecule has 0 aliphatic carbocycles.